The number of rotatable bonds is 3. The Balaban J connectivity index is 1.76. The third kappa shape index (κ3) is 3.01. The number of fused-ring (bicyclic) bond motifs is 1. The molecule has 0 aromatic heterocycles. The first-order valence-corrected chi connectivity index (χ1v) is 7.62. The lowest BCUT2D eigenvalue weighted by Gasteiger charge is -2.16. The number of nitrogens with one attached hydrogen (secondary N) is 1. The van der Waals surface area contributed by atoms with Crippen LogP contribution in [-0.2, 0) is 13.0 Å². The van der Waals surface area contributed by atoms with E-state index in [-0.39, 0.29) is 5.60 Å². The van der Waals surface area contributed by atoms with E-state index in [9.17, 15) is 0 Å². The summed E-state index contributed by atoms with van der Waals surface area (Å²) < 4.78 is 5.91. The van der Waals surface area contributed by atoms with Crippen molar-refractivity contribution in [1.29, 1.82) is 0 Å². The van der Waals surface area contributed by atoms with Crippen molar-refractivity contribution >= 4 is 17.3 Å². The summed E-state index contributed by atoms with van der Waals surface area (Å²) in [6.45, 7) is 7.07. The van der Waals surface area contributed by atoms with Crippen molar-refractivity contribution in [2.24, 2.45) is 0 Å². The maximum atomic E-state index is 6.24. The summed E-state index contributed by atoms with van der Waals surface area (Å²) in [5, 5.41) is 4.20. The largest absolute Gasteiger partial charge is 0.487 e. The predicted molar refractivity (Wildman–Crippen MR) is 88.4 cm³/mol. The highest BCUT2D eigenvalue weighted by Crippen LogP contribution is 2.35. The van der Waals surface area contributed by atoms with Crippen LogP contribution in [0.4, 0.5) is 5.69 Å². The summed E-state index contributed by atoms with van der Waals surface area (Å²) in [7, 11) is 0. The van der Waals surface area contributed by atoms with Crippen LogP contribution in [0.3, 0.4) is 0 Å². The van der Waals surface area contributed by atoms with Crippen molar-refractivity contribution in [2.75, 3.05) is 5.32 Å². The summed E-state index contributed by atoms with van der Waals surface area (Å²) in [6.07, 6.45) is 0.960. The highest BCUT2D eigenvalue weighted by Gasteiger charge is 2.29. The maximum absolute atomic E-state index is 6.24. The SMILES string of the molecule is Cc1cccc(Cl)c1NCc1ccc2c(c1)CC(C)(C)O2. The van der Waals surface area contributed by atoms with E-state index in [1.807, 2.05) is 12.1 Å². The van der Waals surface area contributed by atoms with Gasteiger partial charge in [-0.15, -0.1) is 0 Å². The van der Waals surface area contributed by atoms with E-state index in [1.54, 1.807) is 0 Å². The van der Waals surface area contributed by atoms with Gasteiger partial charge < -0.3 is 10.1 Å². The monoisotopic (exact) mass is 301 g/mol. The highest BCUT2D eigenvalue weighted by molar-refractivity contribution is 6.33. The van der Waals surface area contributed by atoms with Gasteiger partial charge in [-0.3, -0.25) is 0 Å². The summed E-state index contributed by atoms with van der Waals surface area (Å²) in [5.41, 5.74) is 4.61. The molecule has 110 valence electrons. The Morgan fingerprint density at radius 1 is 1.24 bits per heavy atom. The molecular formula is C18H20ClNO. The molecule has 2 nitrogen and oxygen atoms in total. The molecule has 0 bridgehead atoms. The number of aryl methyl sites for hydroxylation is 1. The van der Waals surface area contributed by atoms with Gasteiger partial charge in [0.2, 0.25) is 0 Å². The van der Waals surface area contributed by atoms with Crippen LogP contribution in [0.15, 0.2) is 36.4 Å². The Kier molecular flexibility index (Phi) is 3.58. The fourth-order valence-electron chi connectivity index (χ4n) is 2.82. The van der Waals surface area contributed by atoms with Crippen LogP contribution in [0.2, 0.25) is 5.02 Å². The summed E-state index contributed by atoms with van der Waals surface area (Å²) in [4.78, 5) is 0. The third-order valence-corrected chi connectivity index (χ3v) is 4.13. The topological polar surface area (TPSA) is 21.3 Å². The van der Waals surface area contributed by atoms with E-state index in [0.717, 1.165) is 35.0 Å². The Morgan fingerprint density at radius 2 is 2.05 bits per heavy atom. The second-order valence-corrected chi connectivity index (χ2v) is 6.67. The molecule has 0 amide bonds. The lowest BCUT2D eigenvalue weighted by Crippen LogP contribution is -2.24. The molecule has 0 saturated carbocycles. The molecule has 2 aromatic carbocycles. The molecule has 0 atom stereocenters. The molecule has 3 rings (SSSR count). The van der Waals surface area contributed by atoms with Crippen molar-refractivity contribution in [3.63, 3.8) is 0 Å². The zero-order valence-electron chi connectivity index (χ0n) is 12.7. The molecule has 1 aliphatic heterocycles. The molecule has 1 heterocycles. The predicted octanol–water partition coefficient (Wildman–Crippen LogP) is 4.97. The smallest absolute Gasteiger partial charge is 0.123 e. The van der Waals surface area contributed by atoms with Gasteiger partial charge in [0, 0.05) is 13.0 Å². The van der Waals surface area contributed by atoms with Gasteiger partial charge >= 0.3 is 0 Å². The number of ether oxygens (including phenoxy) is 1. The molecule has 0 fully saturated rings. The molecule has 2 aromatic rings. The summed E-state index contributed by atoms with van der Waals surface area (Å²) >= 11 is 6.24. The lowest BCUT2D eigenvalue weighted by molar-refractivity contribution is 0.138. The molecule has 3 heteroatoms. The van der Waals surface area contributed by atoms with Crippen molar-refractivity contribution in [3.8, 4) is 5.75 Å². The summed E-state index contributed by atoms with van der Waals surface area (Å²) in [5.74, 6) is 1.01. The Morgan fingerprint density at radius 3 is 2.81 bits per heavy atom. The van der Waals surface area contributed by atoms with E-state index in [4.69, 9.17) is 16.3 Å². The van der Waals surface area contributed by atoms with Gasteiger partial charge in [0.05, 0.1) is 10.7 Å². The van der Waals surface area contributed by atoms with Gasteiger partial charge in [-0.2, -0.15) is 0 Å². The third-order valence-electron chi connectivity index (χ3n) is 3.82. The van der Waals surface area contributed by atoms with E-state index < -0.39 is 0 Å². The van der Waals surface area contributed by atoms with Crippen molar-refractivity contribution < 1.29 is 4.74 Å². The van der Waals surface area contributed by atoms with Crippen molar-refractivity contribution in [2.45, 2.75) is 39.3 Å². The molecule has 0 radical (unpaired) electrons. The van der Waals surface area contributed by atoms with Crippen LogP contribution >= 0.6 is 11.6 Å². The normalized spacial score (nSPS) is 15.4. The quantitative estimate of drug-likeness (QED) is 0.864. The first-order valence-electron chi connectivity index (χ1n) is 7.24. The van der Waals surface area contributed by atoms with E-state index >= 15 is 0 Å². The Labute approximate surface area is 131 Å². The maximum Gasteiger partial charge on any atom is 0.123 e. The fraction of sp³-hybridized carbons (Fsp3) is 0.333. The standard InChI is InChI=1S/C18H20ClNO/c1-12-5-4-6-15(19)17(12)20-11-13-7-8-16-14(9-13)10-18(2,3)21-16/h4-9,20H,10-11H2,1-3H3. The van der Waals surface area contributed by atoms with Gasteiger partial charge in [0.15, 0.2) is 0 Å². The van der Waals surface area contributed by atoms with Crippen LogP contribution in [0.1, 0.15) is 30.5 Å². The molecular weight excluding hydrogens is 282 g/mol. The minimum Gasteiger partial charge on any atom is -0.487 e. The first-order chi connectivity index (χ1) is 9.94. The number of para-hydroxylation sites is 1. The molecule has 0 unspecified atom stereocenters. The minimum atomic E-state index is -0.0896. The van der Waals surface area contributed by atoms with Crippen LogP contribution in [-0.4, -0.2) is 5.60 Å². The molecule has 0 spiro atoms. The number of hydrogen-bond donors (Lipinski definition) is 1. The molecule has 1 N–H and O–H groups in total. The Bertz CT molecular complexity index is 659. The van der Waals surface area contributed by atoms with E-state index in [0.29, 0.717) is 0 Å². The zero-order valence-corrected chi connectivity index (χ0v) is 13.4. The lowest BCUT2D eigenvalue weighted by atomic mass is 10.0. The highest BCUT2D eigenvalue weighted by atomic mass is 35.5. The second kappa shape index (κ2) is 5.27. The van der Waals surface area contributed by atoms with Gasteiger partial charge in [-0.05, 0) is 49.6 Å². The number of halogens is 1. The molecule has 21 heavy (non-hydrogen) atoms. The minimum absolute atomic E-state index is 0.0896. The van der Waals surface area contributed by atoms with Crippen molar-refractivity contribution in [1.82, 2.24) is 0 Å². The van der Waals surface area contributed by atoms with Gasteiger partial charge in [-0.1, -0.05) is 35.9 Å². The van der Waals surface area contributed by atoms with E-state index in [1.165, 1.54) is 11.1 Å². The summed E-state index contributed by atoms with van der Waals surface area (Å²) in [6, 6.07) is 12.4. The number of anilines is 1. The average Bonchev–Trinajstić information content (AvgIpc) is 2.71. The van der Waals surface area contributed by atoms with E-state index in [2.05, 4.69) is 50.4 Å². The molecule has 0 saturated heterocycles. The molecule has 0 aliphatic carbocycles. The fourth-order valence-corrected chi connectivity index (χ4v) is 3.11. The van der Waals surface area contributed by atoms with Gasteiger partial charge in [0.1, 0.15) is 11.4 Å². The van der Waals surface area contributed by atoms with Gasteiger partial charge in [-0.25, -0.2) is 0 Å². The van der Waals surface area contributed by atoms with Crippen LogP contribution in [0.5, 0.6) is 5.75 Å². The number of benzene rings is 2. The average molecular weight is 302 g/mol. The first kappa shape index (κ1) is 14.3. The second-order valence-electron chi connectivity index (χ2n) is 6.27. The van der Waals surface area contributed by atoms with Crippen molar-refractivity contribution in [3.05, 3.63) is 58.1 Å². The van der Waals surface area contributed by atoms with Gasteiger partial charge in [0.25, 0.3) is 0 Å². The molecule has 1 aliphatic rings. The van der Waals surface area contributed by atoms with Crippen LogP contribution < -0.4 is 10.1 Å². The van der Waals surface area contributed by atoms with Crippen LogP contribution in [0, 0.1) is 6.92 Å². The Hall–Kier alpha value is -1.67. The van der Waals surface area contributed by atoms with Crippen LogP contribution in [0.25, 0.3) is 0 Å². The number of hydrogen-bond acceptors (Lipinski definition) is 2. The zero-order chi connectivity index (χ0) is 15.0.